The third kappa shape index (κ3) is 5.57. The molecule has 2 heterocycles. The lowest BCUT2D eigenvalue weighted by Gasteiger charge is -2.14. The van der Waals surface area contributed by atoms with Gasteiger partial charge in [-0.25, -0.2) is 0 Å². The lowest BCUT2D eigenvalue weighted by Crippen LogP contribution is -1.96. The van der Waals surface area contributed by atoms with E-state index in [2.05, 4.69) is 240 Å². The summed E-state index contributed by atoms with van der Waals surface area (Å²) in [4.78, 5) is 0. The normalized spacial score (nSPS) is 11.7. The Labute approximate surface area is 348 Å². The number of fused-ring (bicyclic) bond motifs is 7. The van der Waals surface area contributed by atoms with Gasteiger partial charge in [0.1, 0.15) is 0 Å². The van der Waals surface area contributed by atoms with Gasteiger partial charge in [0.2, 0.25) is 0 Å². The molecule has 280 valence electrons. The summed E-state index contributed by atoms with van der Waals surface area (Å²) in [7, 11) is 0. The summed E-state index contributed by atoms with van der Waals surface area (Å²) in [6.07, 6.45) is 0. The van der Waals surface area contributed by atoms with E-state index < -0.39 is 0 Å². The summed E-state index contributed by atoms with van der Waals surface area (Å²) in [5, 5.41) is 7.42. The Morgan fingerprint density at radius 2 is 0.750 bits per heavy atom. The quantitative estimate of drug-likeness (QED) is 0.160. The number of nitrogens with zero attached hydrogens (tertiary/aromatic N) is 2. The molecule has 2 nitrogen and oxygen atoms in total. The fourth-order valence-electron chi connectivity index (χ4n) is 9.45. The maximum atomic E-state index is 2.47. The standard InChI is InChI=1S/C58H38N2/c1-3-14-39(15-4-1)42-20-11-21-43(34-42)45-22-12-23-48(36-45)60-55-27-10-9-24-51(55)52-26-13-25-50(58(52)60)47-30-33-57-54(38-47)53-37-46(40-16-5-2-6-17-40)29-32-56(53)59(57)49-31-28-41-18-7-8-19-44(41)35-49/h1-38H. The molecule has 0 spiro atoms. The zero-order valence-electron chi connectivity index (χ0n) is 32.8. The van der Waals surface area contributed by atoms with Crippen molar-refractivity contribution in [3.63, 3.8) is 0 Å². The highest BCUT2D eigenvalue weighted by atomic mass is 15.0. The average molecular weight is 763 g/mol. The lowest BCUT2D eigenvalue weighted by molar-refractivity contribution is 1.18. The fourth-order valence-corrected chi connectivity index (χ4v) is 9.45. The van der Waals surface area contributed by atoms with E-state index in [1.807, 2.05) is 0 Å². The van der Waals surface area contributed by atoms with Crippen molar-refractivity contribution in [3.8, 4) is 55.9 Å². The Balaban J connectivity index is 1.08. The molecule has 0 radical (unpaired) electrons. The van der Waals surface area contributed by atoms with E-state index in [1.165, 1.54) is 98.9 Å². The molecular formula is C58H38N2. The molecule has 10 aromatic carbocycles. The fraction of sp³-hybridized carbons (Fsp3) is 0. The van der Waals surface area contributed by atoms with Crippen LogP contribution in [0.5, 0.6) is 0 Å². The third-order valence-corrected chi connectivity index (χ3v) is 12.3. The molecule has 0 aliphatic heterocycles. The van der Waals surface area contributed by atoms with Gasteiger partial charge in [0.15, 0.2) is 0 Å². The van der Waals surface area contributed by atoms with Gasteiger partial charge in [-0.15, -0.1) is 0 Å². The second-order valence-corrected chi connectivity index (χ2v) is 15.7. The minimum absolute atomic E-state index is 1.14. The zero-order chi connectivity index (χ0) is 39.6. The second-order valence-electron chi connectivity index (χ2n) is 15.7. The number of hydrogen-bond acceptors (Lipinski definition) is 0. The molecule has 0 atom stereocenters. The minimum Gasteiger partial charge on any atom is -0.309 e. The largest absolute Gasteiger partial charge is 0.309 e. The summed E-state index contributed by atoms with van der Waals surface area (Å²) in [6, 6.07) is 84.3. The zero-order valence-corrected chi connectivity index (χ0v) is 32.8. The molecule has 12 rings (SSSR count). The molecule has 0 aliphatic carbocycles. The van der Waals surface area contributed by atoms with Crippen molar-refractivity contribution in [1.82, 2.24) is 9.13 Å². The van der Waals surface area contributed by atoms with Gasteiger partial charge in [-0.05, 0) is 110 Å². The molecule has 60 heavy (non-hydrogen) atoms. The van der Waals surface area contributed by atoms with Gasteiger partial charge >= 0.3 is 0 Å². The van der Waals surface area contributed by atoms with Gasteiger partial charge in [0.25, 0.3) is 0 Å². The van der Waals surface area contributed by atoms with Crippen LogP contribution in [-0.4, -0.2) is 9.13 Å². The van der Waals surface area contributed by atoms with Crippen LogP contribution in [0.1, 0.15) is 0 Å². The van der Waals surface area contributed by atoms with Crippen molar-refractivity contribution in [2.45, 2.75) is 0 Å². The highest BCUT2D eigenvalue weighted by Crippen LogP contribution is 2.42. The van der Waals surface area contributed by atoms with Crippen LogP contribution in [-0.2, 0) is 0 Å². The van der Waals surface area contributed by atoms with Gasteiger partial charge in [-0.1, -0.05) is 170 Å². The molecule has 0 fully saturated rings. The van der Waals surface area contributed by atoms with Crippen LogP contribution in [0.3, 0.4) is 0 Å². The number of para-hydroxylation sites is 2. The molecule has 0 aliphatic rings. The van der Waals surface area contributed by atoms with Gasteiger partial charge < -0.3 is 9.13 Å². The maximum Gasteiger partial charge on any atom is 0.0619 e. The minimum atomic E-state index is 1.14. The average Bonchev–Trinajstić information content (AvgIpc) is 3.84. The van der Waals surface area contributed by atoms with E-state index in [0.717, 1.165) is 11.4 Å². The van der Waals surface area contributed by atoms with Crippen molar-refractivity contribution >= 4 is 54.4 Å². The Bertz CT molecular complexity index is 3590. The highest BCUT2D eigenvalue weighted by Gasteiger charge is 2.20. The second kappa shape index (κ2) is 13.9. The first-order valence-corrected chi connectivity index (χ1v) is 20.7. The smallest absolute Gasteiger partial charge is 0.0619 e. The van der Waals surface area contributed by atoms with Gasteiger partial charge in [0.05, 0.1) is 22.1 Å². The number of aromatic nitrogens is 2. The number of hydrogen-bond donors (Lipinski definition) is 0. The molecule has 2 heteroatoms. The molecular weight excluding hydrogens is 725 g/mol. The Kier molecular flexibility index (Phi) is 7.89. The van der Waals surface area contributed by atoms with Gasteiger partial charge in [-0.3, -0.25) is 0 Å². The predicted octanol–water partition coefficient (Wildman–Crippen LogP) is 15.7. The molecule has 2 aromatic heterocycles. The predicted molar refractivity (Wildman–Crippen MR) is 254 cm³/mol. The summed E-state index contributed by atoms with van der Waals surface area (Å²) < 4.78 is 4.91. The summed E-state index contributed by atoms with van der Waals surface area (Å²) in [6.45, 7) is 0. The number of benzene rings is 10. The SMILES string of the molecule is c1ccc(-c2cccc(-c3cccc(-n4c5ccccc5c5cccc(-c6ccc7c(c6)c6cc(-c8ccccc8)ccc6n7-c6ccc7ccccc7c6)c54)c3)c2)cc1. The third-order valence-electron chi connectivity index (χ3n) is 12.3. The summed E-state index contributed by atoms with van der Waals surface area (Å²) in [5.74, 6) is 0. The Hall–Kier alpha value is -7.94. The van der Waals surface area contributed by atoms with E-state index in [9.17, 15) is 0 Å². The van der Waals surface area contributed by atoms with Crippen molar-refractivity contribution in [2.24, 2.45) is 0 Å². The van der Waals surface area contributed by atoms with Crippen molar-refractivity contribution < 1.29 is 0 Å². The molecule has 0 amide bonds. The summed E-state index contributed by atoms with van der Waals surface area (Å²) in [5.41, 5.74) is 16.7. The van der Waals surface area contributed by atoms with Crippen molar-refractivity contribution in [2.75, 3.05) is 0 Å². The van der Waals surface area contributed by atoms with E-state index in [0.29, 0.717) is 0 Å². The van der Waals surface area contributed by atoms with Crippen molar-refractivity contribution in [1.29, 1.82) is 0 Å². The molecule has 12 aromatic rings. The molecule has 0 N–H and O–H groups in total. The van der Waals surface area contributed by atoms with E-state index in [4.69, 9.17) is 0 Å². The van der Waals surface area contributed by atoms with E-state index in [-0.39, 0.29) is 0 Å². The molecule has 0 saturated carbocycles. The van der Waals surface area contributed by atoms with Crippen LogP contribution in [0.4, 0.5) is 0 Å². The topological polar surface area (TPSA) is 9.86 Å². The maximum absolute atomic E-state index is 2.47. The van der Waals surface area contributed by atoms with Crippen LogP contribution in [0.2, 0.25) is 0 Å². The molecule has 0 bridgehead atoms. The number of rotatable bonds is 6. The van der Waals surface area contributed by atoms with E-state index >= 15 is 0 Å². The van der Waals surface area contributed by atoms with Crippen LogP contribution < -0.4 is 0 Å². The first kappa shape index (κ1) is 34.1. The van der Waals surface area contributed by atoms with Crippen LogP contribution in [0.25, 0.3) is 110 Å². The highest BCUT2D eigenvalue weighted by molar-refractivity contribution is 6.16. The first-order valence-electron chi connectivity index (χ1n) is 20.7. The Morgan fingerprint density at radius 1 is 0.233 bits per heavy atom. The Morgan fingerprint density at radius 3 is 1.52 bits per heavy atom. The van der Waals surface area contributed by atoms with Crippen LogP contribution >= 0.6 is 0 Å². The van der Waals surface area contributed by atoms with Crippen LogP contribution in [0, 0.1) is 0 Å². The van der Waals surface area contributed by atoms with Crippen LogP contribution in [0.15, 0.2) is 231 Å². The summed E-state index contributed by atoms with van der Waals surface area (Å²) >= 11 is 0. The molecule has 0 unspecified atom stereocenters. The van der Waals surface area contributed by atoms with Crippen molar-refractivity contribution in [3.05, 3.63) is 231 Å². The monoisotopic (exact) mass is 762 g/mol. The molecule has 0 saturated heterocycles. The lowest BCUT2D eigenvalue weighted by atomic mass is 9.98. The van der Waals surface area contributed by atoms with Gasteiger partial charge in [0, 0.05) is 38.5 Å². The van der Waals surface area contributed by atoms with E-state index in [1.54, 1.807) is 0 Å². The first-order chi connectivity index (χ1) is 29.7. The van der Waals surface area contributed by atoms with Gasteiger partial charge in [-0.2, -0.15) is 0 Å².